The van der Waals surface area contributed by atoms with Crippen LogP contribution in [0, 0.1) is 11.6 Å². The molecule has 0 unspecified atom stereocenters. The summed E-state index contributed by atoms with van der Waals surface area (Å²) in [4.78, 5) is 11.6. The molecule has 0 aliphatic heterocycles. The molecule has 164 valence electrons. The summed E-state index contributed by atoms with van der Waals surface area (Å²) in [5.41, 5.74) is 0. The van der Waals surface area contributed by atoms with E-state index in [-0.39, 0.29) is 35.4 Å². The van der Waals surface area contributed by atoms with Gasteiger partial charge >= 0.3 is 5.97 Å². The third kappa shape index (κ3) is 5.16. The minimum Gasteiger partial charge on any atom is -0.489 e. The molecule has 1 fully saturated rings. The molecule has 0 saturated heterocycles. The van der Waals surface area contributed by atoms with E-state index in [0.717, 1.165) is 16.9 Å². The van der Waals surface area contributed by atoms with E-state index < -0.39 is 24.1 Å². The molecule has 1 aliphatic rings. The number of carboxylic acids is 1. The van der Waals surface area contributed by atoms with Crippen LogP contribution >= 0.6 is 15.9 Å². The number of nitrogens with zero attached hydrogens (tertiary/aromatic N) is 5. The average Bonchev–Trinajstić information content (AvgIpc) is 3.36. The fourth-order valence-electron chi connectivity index (χ4n) is 3.16. The second kappa shape index (κ2) is 8.96. The highest BCUT2D eigenvalue weighted by Crippen LogP contribution is 2.32. The topological polar surface area (TPSA) is 125 Å². The van der Waals surface area contributed by atoms with Crippen molar-refractivity contribution >= 4 is 21.9 Å². The van der Waals surface area contributed by atoms with Crippen LogP contribution < -0.4 is 9.47 Å². The maximum absolute atomic E-state index is 13.4. The van der Waals surface area contributed by atoms with Crippen molar-refractivity contribution < 1.29 is 32.7 Å². The van der Waals surface area contributed by atoms with Crippen molar-refractivity contribution in [3.8, 4) is 23.2 Å². The normalized spacial score (nSPS) is 18.7. The lowest BCUT2D eigenvalue weighted by molar-refractivity contribution is -0.138. The first-order chi connectivity index (χ1) is 14.9. The van der Waals surface area contributed by atoms with E-state index >= 15 is 0 Å². The number of hydrogen-bond acceptors (Lipinski definition) is 8. The van der Waals surface area contributed by atoms with Crippen LogP contribution in [0.15, 0.2) is 27.2 Å². The Morgan fingerprint density at radius 2 is 1.84 bits per heavy atom. The SMILES string of the molecule is O=C(O)Cn1nnc(-c2cc(OC3CCC(Oc4cc(F)c(F)cc4Br)CC3)no2)n1. The van der Waals surface area contributed by atoms with Crippen LogP contribution in [0.2, 0.25) is 0 Å². The molecule has 1 N–H and O–H groups in total. The Morgan fingerprint density at radius 1 is 1.16 bits per heavy atom. The number of ether oxygens (including phenoxy) is 2. The number of carboxylic acid groups (broad SMARTS) is 1. The van der Waals surface area contributed by atoms with Gasteiger partial charge in [-0.25, -0.2) is 8.78 Å². The third-order valence-electron chi connectivity index (χ3n) is 4.62. The first kappa shape index (κ1) is 21.2. The summed E-state index contributed by atoms with van der Waals surface area (Å²) in [6.07, 6.45) is 2.38. The van der Waals surface area contributed by atoms with E-state index in [1.165, 1.54) is 6.07 Å². The van der Waals surface area contributed by atoms with E-state index in [1.807, 2.05) is 0 Å². The van der Waals surface area contributed by atoms with Gasteiger partial charge in [-0.15, -0.1) is 10.2 Å². The number of aliphatic carboxylic acids is 1. The first-order valence-corrected chi connectivity index (χ1v) is 10.1. The van der Waals surface area contributed by atoms with Crippen molar-refractivity contribution in [2.45, 2.75) is 44.4 Å². The highest BCUT2D eigenvalue weighted by molar-refractivity contribution is 9.10. The van der Waals surface area contributed by atoms with E-state index in [9.17, 15) is 13.6 Å². The molecule has 3 aromatic rings. The first-order valence-electron chi connectivity index (χ1n) is 9.32. The van der Waals surface area contributed by atoms with Crippen molar-refractivity contribution in [3.05, 3.63) is 34.3 Å². The summed E-state index contributed by atoms with van der Waals surface area (Å²) in [6, 6.07) is 3.57. The number of benzene rings is 1. The predicted octanol–water partition coefficient (Wildman–Crippen LogP) is 3.22. The van der Waals surface area contributed by atoms with Crippen LogP contribution in [-0.4, -0.2) is 48.6 Å². The molecule has 4 rings (SSSR count). The Morgan fingerprint density at radius 3 is 2.55 bits per heavy atom. The lowest BCUT2D eigenvalue weighted by atomic mass is 9.95. The maximum Gasteiger partial charge on any atom is 0.327 e. The number of carbonyl (C=O) groups is 1. The van der Waals surface area contributed by atoms with E-state index in [4.69, 9.17) is 19.1 Å². The molecular formula is C18H16BrF2N5O5. The molecule has 13 heteroatoms. The standard InChI is InChI=1S/C18H16BrF2N5O5/c19-11-5-12(20)13(21)6-14(11)29-9-1-3-10(4-2-9)30-16-7-15(31-24-16)18-22-25-26(23-18)8-17(27)28/h5-7,9-10H,1-4,8H2,(H,27,28). The number of aromatic nitrogens is 5. The predicted molar refractivity (Wildman–Crippen MR) is 102 cm³/mol. The van der Waals surface area contributed by atoms with Gasteiger partial charge in [0.05, 0.1) is 16.6 Å². The zero-order chi connectivity index (χ0) is 22.0. The Balaban J connectivity index is 1.30. The van der Waals surface area contributed by atoms with Crippen molar-refractivity contribution in [3.63, 3.8) is 0 Å². The van der Waals surface area contributed by atoms with Gasteiger partial charge in [0.2, 0.25) is 11.6 Å². The van der Waals surface area contributed by atoms with E-state index in [2.05, 4.69) is 36.5 Å². The second-order valence-corrected chi connectivity index (χ2v) is 7.75. The maximum atomic E-state index is 13.4. The van der Waals surface area contributed by atoms with Gasteiger partial charge in [-0.05, 0) is 58.0 Å². The van der Waals surface area contributed by atoms with Gasteiger partial charge in [0.25, 0.3) is 5.88 Å². The molecule has 10 nitrogen and oxygen atoms in total. The summed E-state index contributed by atoms with van der Waals surface area (Å²) >= 11 is 3.18. The number of halogens is 3. The van der Waals surface area contributed by atoms with Gasteiger partial charge in [0.15, 0.2) is 18.2 Å². The Hall–Kier alpha value is -3.09. The molecule has 0 amide bonds. The molecule has 0 bridgehead atoms. The van der Waals surface area contributed by atoms with Gasteiger partial charge < -0.3 is 19.1 Å². The van der Waals surface area contributed by atoms with Crippen LogP contribution in [0.4, 0.5) is 8.78 Å². The highest BCUT2D eigenvalue weighted by Gasteiger charge is 2.26. The summed E-state index contributed by atoms with van der Waals surface area (Å²) in [5.74, 6) is -2.20. The summed E-state index contributed by atoms with van der Waals surface area (Å²) in [5, 5.41) is 23.8. The smallest absolute Gasteiger partial charge is 0.327 e. The Labute approximate surface area is 182 Å². The van der Waals surface area contributed by atoms with Gasteiger partial charge in [-0.3, -0.25) is 4.79 Å². The van der Waals surface area contributed by atoms with Crippen LogP contribution in [0.25, 0.3) is 11.6 Å². The van der Waals surface area contributed by atoms with Crippen molar-refractivity contribution in [2.75, 3.05) is 0 Å². The third-order valence-corrected chi connectivity index (χ3v) is 5.24. The minimum absolute atomic E-state index is 0.0952. The summed E-state index contributed by atoms with van der Waals surface area (Å²) in [7, 11) is 0. The lowest BCUT2D eigenvalue weighted by Crippen LogP contribution is -2.30. The Bertz CT molecular complexity index is 1080. The van der Waals surface area contributed by atoms with Gasteiger partial charge in [0, 0.05) is 6.07 Å². The largest absolute Gasteiger partial charge is 0.489 e. The monoisotopic (exact) mass is 499 g/mol. The Kier molecular flexibility index (Phi) is 6.11. The zero-order valence-corrected chi connectivity index (χ0v) is 17.5. The van der Waals surface area contributed by atoms with Crippen LogP contribution in [0.3, 0.4) is 0 Å². The van der Waals surface area contributed by atoms with Crippen LogP contribution in [0.5, 0.6) is 11.6 Å². The molecular weight excluding hydrogens is 484 g/mol. The quantitative estimate of drug-likeness (QED) is 0.487. The average molecular weight is 500 g/mol. The summed E-state index contributed by atoms with van der Waals surface area (Å²) < 4.78 is 43.8. The van der Waals surface area contributed by atoms with Crippen molar-refractivity contribution in [1.29, 1.82) is 0 Å². The van der Waals surface area contributed by atoms with E-state index in [0.29, 0.717) is 30.2 Å². The number of hydrogen-bond donors (Lipinski definition) is 1. The van der Waals surface area contributed by atoms with Gasteiger partial charge in [-0.2, -0.15) is 4.80 Å². The second-order valence-electron chi connectivity index (χ2n) is 6.90. The summed E-state index contributed by atoms with van der Waals surface area (Å²) in [6.45, 7) is -0.420. The van der Waals surface area contributed by atoms with Crippen molar-refractivity contribution in [1.82, 2.24) is 25.4 Å². The molecule has 0 atom stereocenters. The van der Waals surface area contributed by atoms with Gasteiger partial charge in [-0.1, -0.05) is 0 Å². The molecule has 31 heavy (non-hydrogen) atoms. The zero-order valence-electron chi connectivity index (χ0n) is 15.9. The fraction of sp³-hybridized carbons (Fsp3) is 0.389. The van der Waals surface area contributed by atoms with Gasteiger partial charge in [0.1, 0.15) is 11.9 Å². The van der Waals surface area contributed by atoms with E-state index in [1.54, 1.807) is 0 Å². The molecule has 2 aromatic heterocycles. The number of rotatable bonds is 7. The van der Waals surface area contributed by atoms with Crippen LogP contribution in [0.1, 0.15) is 25.7 Å². The molecule has 2 heterocycles. The molecule has 1 aliphatic carbocycles. The highest BCUT2D eigenvalue weighted by atomic mass is 79.9. The fourth-order valence-corrected chi connectivity index (χ4v) is 3.57. The molecule has 1 aromatic carbocycles. The molecule has 0 spiro atoms. The minimum atomic E-state index is -1.10. The lowest BCUT2D eigenvalue weighted by Gasteiger charge is -2.29. The molecule has 1 saturated carbocycles. The number of tetrazole rings is 1. The molecule has 0 radical (unpaired) electrons. The van der Waals surface area contributed by atoms with Crippen molar-refractivity contribution in [2.24, 2.45) is 0 Å². The van der Waals surface area contributed by atoms with Crippen LogP contribution in [-0.2, 0) is 11.3 Å².